The molecule has 1 heterocycles. The standard InChI is InChI=1S/C25H48O5/c1-2-3-4-5-6-7-8-9-10-11-12-13-14-15-16-17-18-19-29-23-21-30-25(24(23)28)22(27)20-26/h8-9,22-28H,2-7,10-21H2,1H3/b9-8+/t22-,23+,24-,25-/m1/s1. The molecule has 0 unspecified atom stereocenters. The van der Waals surface area contributed by atoms with E-state index in [0.29, 0.717) is 6.61 Å². The first kappa shape index (κ1) is 27.6. The Morgan fingerprint density at radius 2 is 1.40 bits per heavy atom. The molecule has 5 heteroatoms. The summed E-state index contributed by atoms with van der Waals surface area (Å²) in [6.45, 7) is 2.74. The van der Waals surface area contributed by atoms with Crippen LogP contribution in [0.25, 0.3) is 0 Å². The Labute approximate surface area is 184 Å². The van der Waals surface area contributed by atoms with Crippen LogP contribution in [0.5, 0.6) is 0 Å². The minimum absolute atomic E-state index is 0.275. The van der Waals surface area contributed by atoms with Crippen LogP contribution < -0.4 is 0 Å². The van der Waals surface area contributed by atoms with E-state index in [-0.39, 0.29) is 6.61 Å². The summed E-state index contributed by atoms with van der Waals surface area (Å²) in [5, 5.41) is 28.6. The van der Waals surface area contributed by atoms with Gasteiger partial charge in [-0.15, -0.1) is 0 Å². The van der Waals surface area contributed by atoms with Gasteiger partial charge < -0.3 is 24.8 Å². The number of unbranched alkanes of at least 4 members (excludes halogenated alkanes) is 13. The van der Waals surface area contributed by atoms with Crippen molar-refractivity contribution in [1.82, 2.24) is 0 Å². The normalized spacial score (nSPS) is 22.9. The van der Waals surface area contributed by atoms with Gasteiger partial charge in [0.15, 0.2) is 0 Å². The van der Waals surface area contributed by atoms with Crippen molar-refractivity contribution in [2.45, 2.75) is 128 Å². The lowest BCUT2D eigenvalue weighted by atomic mass is 10.1. The molecule has 0 bridgehead atoms. The predicted molar refractivity (Wildman–Crippen MR) is 123 cm³/mol. The van der Waals surface area contributed by atoms with E-state index in [1.165, 1.54) is 83.5 Å². The Morgan fingerprint density at radius 3 is 1.97 bits per heavy atom. The molecule has 1 rings (SSSR count). The number of ether oxygens (including phenoxy) is 2. The van der Waals surface area contributed by atoms with Crippen LogP contribution in [0.1, 0.15) is 103 Å². The van der Waals surface area contributed by atoms with Crippen molar-refractivity contribution >= 4 is 0 Å². The lowest BCUT2D eigenvalue weighted by Gasteiger charge is -2.20. The van der Waals surface area contributed by atoms with Gasteiger partial charge in [0.2, 0.25) is 0 Å². The van der Waals surface area contributed by atoms with Crippen LogP contribution in [0.4, 0.5) is 0 Å². The first-order valence-corrected chi connectivity index (χ1v) is 12.6. The summed E-state index contributed by atoms with van der Waals surface area (Å²) >= 11 is 0. The Kier molecular flexibility index (Phi) is 17.7. The molecule has 0 amide bonds. The van der Waals surface area contributed by atoms with E-state index in [4.69, 9.17) is 14.6 Å². The van der Waals surface area contributed by atoms with Crippen molar-refractivity contribution in [2.24, 2.45) is 0 Å². The van der Waals surface area contributed by atoms with Crippen molar-refractivity contribution in [3.8, 4) is 0 Å². The number of aliphatic hydroxyl groups excluding tert-OH is 3. The summed E-state index contributed by atoms with van der Waals surface area (Å²) in [6.07, 6.45) is 21.0. The van der Waals surface area contributed by atoms with E-state index in [1.807, 2.05) is 0 Å². The molecule has 0 aromatic heterocycles. The Bertz CT molecular complexity index is 401. The van der Waals surface area contributed by atoms with Crippen LogP contribution in [0.2, 0.25) is 0 Å². The summed E-state index contributed by atoms with van der Waals surface area (Å²) in [6, 6.07) is 0. The number of hydrogen-bond donors (Lipinski definition) is 3. The van der Waals surface area contributed by atoms with E-state index >= 15 is 0 Å². The highest BCUT2D eigenvalue weighted by molar-refractivity contribution is 4.88. The van der Waals surface area contributed by atoms with Crippen LogP contribution in [0.15, 0.2) is 12.2 Å². The lowest BCUT2D eigenvalue weighted by Crippen LogP contribution is -2.41. The van der Waals surface area contributed by atoms with Crippen LogP contribution in [-0.2, 0) is 9.47 Å². The zero-order valence-electron chi connectivity index (χ0n) is 19.4. The highest BCUT2D eigenvalue weighted by atomic mass is 16.6. The van der Waals surface area contributed by atoms with Crippen molar-refractivity contribution in [3.05, 3.63) is 12.2 Å². The molecule has 1 aliphatic heterocycles. The maximum atomic E-state index is 10.1. The van der Waals surface area contributed by atoms with Crippen LogP contribution in [0.3, 0.4) is 0 Å². The summed E-state index contributed by atoms with van der Waals surface area (Å²) in [4.78, 5) is 0. The number of aliphatic hydroxyl groups is 3. The smallest absolute Gasteiger partial charge is 0.114 e. The minimum Gasteiger partial charge on any atom is -0.394 e. The fourth-order valence-corrected chi connectivity index (χ4v) is 3.97. The molecule has 0 saturated carbocycles. The van der Waals surface area contributed by atoms with Gasteiger partial charge in [0.05, 0.1) is 13.2 Å². The molecule has 1 aliphatic rings. The van der Waals surface area contributed by atoms with Crippen molar-refractivity contribution in [1.29, 1.82) is 0 Å². The molecule has 0 aliphatic carbocycles. The van der Waals surface area contributed by atoms with Gasteiger partial charge >= 0.3 is 0 Å². The molecule has 0 aromatic carbocycles. The number of rotatable bonds is 20. The summed E-state index contributed by atoms with van der Waals surface area (Å²) in [7, 11) is 0. The average molecular weight is 429 g/mol. The van der Waals surface area contributed by atoms with Gasteiger partial charge in [-0.2, -0.15) is 0 Å². The molecular formula is C25H48O5. The molecule has 1 fully saturated rings. The zero-order valence-corrected chi connectivity index (χ0v) is 19.4. The molecule has 30 heavy (non-hydrogen) atoms. The largest absolute Gasteiger partial charge is 0.394 e. The molecule has 178 valence electrons. The van der Waals surface area contributed by atoms with Crippen LogP contribution in [-0.4, -0.2) is 59.6 Å². The third-order valence-electron chi connectivity index (χ3n) is 5.97. The quantitative estimate of drug-likeness (QED) is 0.190. The van der Waals surface area contributed by atoms with E-state index in [9.17, 15) is 10.2 Å². The van der Waals surface area contributed by atoms with E-state index in [1.54, 1.807) is 0 Å². The summed E-state index contributed by atoms with van der Waals surface area (Å²) < 4.78 is 11.0. The Hall–Kier alpha value is -0.460. The lowest BCUT2D eigenvalue weighted by molar-refractivity contribution is -0.0730. The molecule has 1 saturated heterocycles. The number of allylic oxidation sites excluding steroid dienone is 2. The maximum absolute atomic E-state index is 10.1. The van der Waals surface area contributed by atoms with E-state index in [2.05, 4.69) is 19.1 Å². The van der Waals surface area contributed by atoms with Gasteiger partial charge in [0.25, 0.3) is 0 Å². The van der Waals surface area contributed by atoms with Gasteiger partial charge in [0.1, 0.15) is 24.4 Å². The fraction of sp³-hybridized carbons (Fsp3) is 0.920. The minimum atomic E-state index is -1.05. The topological polar surface area (TPSA) is 79.2 Å². The average Bonchev–Trinajstić information content (AvgIpc) is 3.12. The summed E-state index contributed by atoms with van der Waals surface area (Å²) in [5.74, 6) is 0. The van der Waals surface area contributed by atoms with E-state index < -0.39 is 31.0 Å². The highest BCUT2D eigenvalue weighted by Gasteiger charge is 2.40. The Balaban J connectivity index is 1.81. The van der Waals surface area contributed by atoms with Gasteiger partial charge in [-0.05, 0) is 32.1 Å². The molecule has 0 radical (unpaired) electrons. The van der Waals surface area contributed by atoms with Crippen molar-refractivity contribution in [3.63, 3.8) is 0 Å². The Morgan fingerprint density at radius 1 is 0.867 bits per heavy atom. The third kappa shape index (κ3) is 13.1. The van der Waals surface area contributed by atoms with Crippen molar-refractivity contribution < 1.29 is 24.8 Å². The van der Waals surface area contributed by atoms with Crippen LogP contribution >= 0.6 is 0 Å². The molecule has 5 nitrogen and oxygen atoms in total. The van der Waals surface area contributed by atoms with Gasteiger partial charge in [0, 0.05) is 6.61 Å². The maximum Gasteiger partial charge on any atom is 0.114 e. The molecule has 0 aromatic rings. The second kappa shape index (κ2) is 19.2. The predicted octanol–water partition coefficient (Wildman–Crippen LogP) is 4.91. The van der Waals surface area contributed by atoms with Gasteiger partial charge in [-0.3, -0.25) is 0 Å². The first-order valence-electron chi connectivity index (χ1n) is 12.6. The number of hydrogen-bond acceptors (Lipinski definition) is 5. The van der Waals surface area contributed by atoms with E-state index in [0.717, 1.165) is 12.8 Å². The first-order chi connectivity index (χ1) is 14.7. The zero-order chi connectivity index (χ0) is 21.9. The summed E-state index contributed by atoms with van der Waals surface area (Å²) in [5.41, 5.74) is 0. The molecule has 0 spiro atoms. The van der Waals surface area contributed by atoms with Crippen LogP contribution in [0, 0.1) is 0 Å². The monoisotopic (exact) mass is 428 g/mol. The second-order valence-corrected chi connectivity index (χ2v) is 8.74. The fourth-order valence-electron chi connectivity index (χ4n) is 3.97. The highest BCUT2D eigenvalue weighted by Crippen LogP contribution is 2.20. The van der Waals surface area contributed by atoms with Crippen molar-refractivity contribution in [2.75, 3.05) is 19.8 Å². The van der Waals surface area contributed by atoms with Gasteiger partial charge in [-0.25, -0.2) is 0 Å². The second-order valence-electron chi connectivity index (χ2n) is 8.74. The molecule has 4 atom stereocenters. The molecular weight excluding hydrogens is 380 g/mol. The molecule has 3 N–H and O–H groups in total. The third-order valence-corrected chi connectivity index (χ3v) is 5.97. The van der Waals surface area contributed by atoms with Gasteiger partial charge in [-0.1, -0.05) is 83.3 Å². The SMILES string of the molecule is CCCCCCC/C=C/CCCCCCCCCCO[C@H]1CO[C@H]([C@H](O)CO)[C@@H]1O.